The molecule has 0 bridgehead atoms. The van der Waals surface area contributed by atoms with Gasteiger partial charge in [0.1, 0.15) is 5.82 Å². The predicted molar refractivity (Wildman–Crippen MR) is 70.6 cm³/mol. The van der Waals surface area contributed by atoms with Crippen LogP contribution >= 0.6 is 0 Å². The van der Waals surface area contributed by atoms with Crippen molar-refractivity contribution >= 4 is 11.8 Å². The van der Waals surface area contributed by atoms with Crippen molar-refractivity contribution in [3.63, 3.8) is 0 Å². The van der Waals surface area contributed by atoms with Crippen molar-refractivity contribution < 1.29 is 0 Å². The average Bonchev–Trinajstić information content (AvgIpc) is 2.33. The van der Waals surface area contributed by atoms with Crippen LogP contribution in [0.4, 0.5) is 11.8 Å². The lowest BCUT2D eigenvalue weighted by molar-refractivity contribution is 0.312. The van der Waals surface area contributed by atoms with E-state index in [4.69, 9.17) is 0 Å². The molecule has 1 aliphatic heterocycles. The van der Waals surface area contributed by atoms with Gasteiger partial charge in [-0.1, -0.05) is 0 Å². The van der Waals surface area contributed by atoms with Crippen LogP contribution in [-0.2, 0) is 0 Å². The molecule has 0 atom stereocenters. The molecule has 5 heteroatoms. The first-order valence-electron chi connectivity index (χ1n) is 6.21. The summed E-state index contributed by atoms with van der Waals surface area (Å²) in [6.45, 7) is 9.26. The molecule has 0 radical (unpaired) electrons. The Balaban J connectivity index is 2.15. The number of likely N-dealkylation sites (N-methyl/N-ethyl adjacent to an activating group) is 1. The number of aryl methyl sites for hydroxylation is 1. The number of anilines is 2. The Morgan fingerprint density at radius 2 is 2.00 bits per heavy atom. The van der Waals surface area contributed by atoms with Gasteiger partial charge >= 0.3 is 0 Å². The molecule has 5 nitrogen and oxygen atoms in total. The van der Waals surface area contributed by atoms with Crippen LogP contribution in [0.3, 0.4) is 0 Å². The molecule has 0 unspecified atom stereocenters. The summed E-state index contributed by atoms with van der Waals surface area (Å²) in [6.07, 6.45) is 1.90. The van der Waals surface area contributed by atoms with Crippen LogP contribution in [0.25, 0.3) is 0 Å². The fraction of sp³-hybridized carbons (Fsp3) is 0.667. The normalized spacial score (nSPS) is 17.2. The van der Waals surface area contributed by atoms with E-state index < -0.39 is 0 Å². The summed E-state index contributed by atoms with van der Waals surface area (Å²) < 4.78 is 0. The smallest absolute Gasteiger partial charge is 0.224 e. The zero-order valence-corrected chi connectivity index (χ0v) is 10.9. The molecule has 1 saturated heterocycles. The Morgan fingerprint density at radius 3 is 2.65 bits per heavy atom. The first-order chi connectivity index (χ1) is 8.20. The molecule has 1 fully saturated rings. The van der Waals surface area contributed by atoms with Gasteiger partial charge in [0, 0.05) is 44.5 Å². The van der Waals surface area contributed by atoms with Gasteiger partial charge in [-0.3, -0.25) is 0 Å². The predicted octanol–water partition coefficient (Wildman–Crippen LogP) is 0.969. The van der Waals surface area contributed by atoms with Gasteiger partial charge in [0.05, 0.1) is 0 Å². The van der Waals surface area contributed by atoms with Crippen LogP contribution in [-0.4, -0.2) is 54.6 Å². The Bertz CT molecular complexity index is 371. The number of nitrogens with one attached hydrogen (secondary N) is 1. The Kier molecular flexibility index (Phi) is 3.78. The maximum atomic E-state index is 4.60. The van der Waals surface area contributed by atoms with Crippen molar-refractivity contribution in [2.24, 2.45) is 0 Å². The maximum Gasteiger partial charge on any atom is 0.224 e. The SMILES string of the molecule is CCNc1ncc(C)c(N2CCN(C)CC2)n1. The number of piperazine rings is 1. The third-order valence-corrected chi connectivity index (χ3v) is 3.08. The largest absolute Gasteiger partial charge is 0.354 e. The highest BCUT2D eigenvalue weighted by atomic mass is 15.3. The highest BCUT2D eigenvalue weighted by molar-refractivity contribution is 5.49. The second-order valence-electron chi connectivity index (χ2n) is 4.52. The molecular weight excluding hydrogens is 214 g/mol. The molecule has 2 heterocycles. The third kappa shape index (κ3) is 2.85. The Labute approximate surface area is 103 Å². The van der Waals surface area contributed by atoms with Crippen molar-refractivity contribution in [1.29, 1.82) is 0 Å². The molecule has 1 aliphatic rings. The first-order valence-corrected chi connectivity index (χ1v) is 6.21. The zero-order chi connectivity index (χ0) is 12.3. The van der Waals surface area contributed by atoms with E-state index in [-0.39, 0.29) is 0 Å². The molecule has 1 aromatic rings. The molecular formula is C12H21N5. The lowest BCUT2D eigenvalue weighted by atomic mass is 10.2. The van der Waals surface area contributed by atoms with Gasteiger partial charge in [0.25, 0.3) is 0 Å². The molecule has 0 aliphatic carbocycles. The van der Waals surface area contributed by atoms with E-state index in [9.17, 15) is 0 Å². The number of nitrogens with zero attached hydrogens (tertiary/aromatic N) is 4. The molecule has 0 aromatic carbocycles. The molecule has 2 rings (SSSR count). The van der Waals surface area contributed by atoms with Gasteiger partial charge < -0.3 is 15.1 Å². The summed E-state index contributed by atoms with van der Waals surface area (Å²) in [7, 11) is 2.16. The molecule has 94 valence electrons. The van der Waals surface area contributed by atoms with E-state index in [2.05, 4.69) is 46.0 Å². The fourth-order valence-corrected chi connectivity index (χ4v) is 2.01. The summed E-state index contributed by atoms with van der Waals surface area (Å²) in [4.78, 5) is 13.6. The minimum atomic E-state index is 0.729. The summed E-state index contributed by atoms with van der Waals surface area (Å²) in [5, 5.41) is 3.16. The molecule has 1 N–H and O–H groups in total. The van der Waals surface area contributed by atoms with Crippen molar-refractivity contribution in [3.8, 4) is 0 Å². The van der Waals surface area contributed by atoms with Gasteiger partial charge in [-0.2, -0.15) is 4.98 Å². The summed E-state index contributed by atoms with van der Waals surface area (Å²) in [5.41, 5.74) is 1.15. The molecule has 0 spiro atoms. The quantitative estimate of drug-likeness (QED) is 0.845. The summed E-state index contributed by atoms with van der Waals surface area (Å²) in [5.74, 6) is 1.80. The van der Waals surface area contributed by atoms with Gasteiger partial charge in [-0.05, 0) is 20.9 Å². The third-order valence-electron chi connectivity index (χ3n) is 3.08. The van der Waals surface area contributed by atoms with E-state index in [0.29, 0.717) is 0 Å². The second kappa shape index (κ2) is 5.31. The molecule has 0 amide bonds. The van der Waals surface area contributed by atoms with Gasteiger partial charge in [-0.25, -0.2) is 4.98 Å². The first kappa shape index (κ1) is 12.1. The van der Waals surface area contributed by atoms with Crippen LogP contribution in [0, 0.1) is 6.92 Å². The topological polar surface area (TPSA) is 44.3 Å². The summed E-state index contributed by atoms with van der Waals surface area (Å²) >= 11 is 0. The second-order valence-corrected chi connectivity index (χ2v) is 4.52. The zero-order valence-electron chi connectivity index (χ0n) is 10.9. The van der Waals surface area contributed by atoms with Crippen molar-refractivity contribution in [2.75, 3.05) is 50.0 Å². The van der Waals surface area contributed by atoms with Crippen LogP contribution in [0.15, 0.2) is 6.20 Å². The lowest BCUT2D eigenvalue weighted by Gasteiger charge is -2.34. The standard InChI is InChI=1S/C12H21N5/c1-4-13-12-14-9-10(2)11(15-12)17-7-5-16(3)6-8-17/h9H,4-8H2,1-3H3,(H,13,14,15). The van der Waals surface area contributed by atoms with Crippen LogP contribution in [0.1, 0.15) is 12.5 Å². The highest BCUT2D eigenvalue weighted by Crippen LogP contribution is 2.19. The summed E-state index contributed by atoms with van der Waals surface area (Å²) in [6, 6.07) is 0. The van der Waals surface area contributed by atoms with Crippen LogP contribution < -0.4 is 10.2 Å². The molecule has 1 aromatic heterocycles. The van der Waals surface area contributed by atoms with E-state index >= 15 is 0 Å². The number of rotatable bonds is 3. The minimum Gasteiger partial charge on any atom is -0.354 e. The van der Waals surface area contributed by atoms with Gasteiger partial charge in [-0.15, -0.1) is 0 Å². The number of aromatic nitrogens is 2. The van der Waals surface area contributed by atoms with Crippen molar-refractivity contribution in [2.45, 2.75) is 13.8 Å². The monoisotopic (exact) mass is 235 g/mol. The minimum absolute atomic E-state index is 0.729. The van der Waals surface area contributed by atoms with Crippen LogP contribution in [0.2, 0.25) is 0 Å². The van der Waals surface area contributed by atoms with Crippen molar-refractivity contribution in [1.82, 2.24) is 14.9 Å². The fourth-order valence-electron chi connectivity index (χ4n) is 2.01. The van der Waals surface area contributed by atoms with E-state index in [1.54, 1.807) is 0 Å². The average molecular weight is 235 g/mol. The maximum absolute atomic E-state index is 4.60. The van der Waals surface area contributed by atoms with E-state index in [1.807, 2.05) is 6.20 Å². The lowest BCUT2D eigenvalue weighted by Crippen LogP contribution is -2.45. The van der Waals surface area contributed by atoms with Gasteiger partial charge in [0.2, 0.25) is 5.95 Å². The van der Waals surface area contributed by atoms with Crippen LogP contribution in [0.5, 0.6) is 0 Å². The van der Waals surface area contributed by atoms with Crippen molar-refractivity contribution in [3.05, 3.63) is 11.8 Å². The molecule has 0 saturated carbocycles. The number of hydrogen-bond donors (Lipinski definition) is 1. The van der Waals surface area contributed by atoms with E-state index in [0.717, 1.165) is 50.1 Å². The molecule has 17 heavy (non-hydrogen) atoms. The Hall–Kier alpha value is -1.36. The van der Waals surface area contributed by atoms with Gasteiger partial charge in [0.15, 0.2) is 0 Å². The Morgan fingerprint density at radius 1 is 1.29 bits per heavy atom. The van der Waals surface area contributed by atoms with E-state index in [1.165, 1.54) is 0 Å². The number of hydrogen-bond acceptors (Lipinski definition) is 5. The highest BCUT2D eigenvalue weighted by Gasteiger charge is 2.17.